The average molecular weight is 369 g/mol. The minimum absolute atomic E-state index is 0.357. The number of nitrogens with one attached hydrogen (secondary N) is 2. The lowest BCUT2D eigenvalue weighted by molar-refractivity contribution is 0.140. The summed E-state index contributed by atoms with van der Waals surface area (Å²) in [6, 6.07) is 10.8. The molecule has 2 aromatic carbocycles. The van der Waals surface area contributed by atoms with Gasteiger partial charge in [0.1, 0.15) is 5.75 Å². The number of anilines is 2. The van der Waals surface area contributed by atoms with Crippen molar-refractivity contribution in [2.45, 2.75) is 26.8 Å². The highest BCUT2D eigenvalue weighted by molar-refractivity contribution is 6.00. The number of fused-ring (bicyclic) bond motifs is 1. The van der Waals surface area contributed by atoms with Gasteiger partial charge in [0.2, 0.25) is 0 Å². The monoisotopic (exact) mass is 369 g/mol. The second kappa shape index (κ2) is 7.99. The smallest absolute Gasteiger partial charge is 0.407 e. The molecule has 0 atom stereocenters. The fourth-order valence-electron chi connectivity index (χ4n) is 3.10. The third-order valence-electron chi connectivity index (χ3n) is 4.43. The van der Waals surface area contributed by atoms with Gasteiger partial charge in [-0.1, -0.05) is 12.1 Å². The second-order valence-corrected chi connectivity index (χ2v) is 6.45. The van der Waals surface area contributed by atoms with Crippen LogP contribution in [0.3, 0.4) is 0 Å². The van der Waals surface area contributed by atoms with Gasteiger partial charge in [0.05, 0.1) is 12.3 Å². The van der Waals surface area contributed by atoms with E-state index in [4.69, 9.17) is 9.84 Å². The summed E-state index contributed by atoms with van der Waals surface area (Å²) in [6.45, 7) is 5.18. The predicted molar refractivity (Wildman–Crippen MR) is 104 cm³/mol. The van der Waals surface area contributed by atoms with E-state index >= 15 is 0 Å². The molecule has 27 heavy (non-hydrogen) atoms. The van der Waals surface area contributed by atoms with Gasteiger partial charge in [-0.05, 0) is 61.2 Å². The van der Waals surface area contributed by atoms with Crippen LogP contribution in [0.15, 0.2) is 36.4 Å². The molecule has 7 heteroatoms. The lowest BCUT2D eigenvalue weighted by Crippen LogP contribution is -2.34. The summed E-state index contributed by atoms with van der Waals surface area (Å²) in [5, 5.41) is 14.8. The molecule has 142 valence electrons. The van der Waals surface area contributed by atoms with Crippen molar-refractivity contribution in [2.24, 2.45) is 0 Å². The molecule has 1 aliphatic heterocycles. The van der Waals surface area contributed by atoms with Gasteiger partial charge in [0.25, 0.3) is 0 Å². The minimum Gasteiger partial charge on any atom is -0.492 e. The maximum absolute atomic E-state index is 12.4. The molecule has 3 N–H and O–H groups in total. The Morgan fingerprint density at radius 1 is 1.15 bits per heavy atom. The van der Waals surface area contributed by atoms with Crippen LogP contribution < -0.4 is 15.4 Å². The number of ether oxygens (including phenoxy) is 1. The van der Waals surface area contributed by atoms with Crippen molar-refractivity contribution in [1.29, 1.82) is 0 Å². The summed E-state index contributed by atoms with van der Waals surface area (Å²) in [5.74, 6) is 0.623. The maximum Gasteiger partial charge on any atom is 0.407 e. The van der Waals surface area contributed by atoms with Crippen molar-refractivity contribution < 1.29 is 19.4 Å². The number of hydrogen-bond donors (Lipinski definition) is 3. The molecule has 0 aromatic heterocycles. The molecule has 3 amide bonds. The number of rotatable bonds is 4. The second-order valence-electron chi connectivity index (χ2n) is 6.45. The van der Waals surface area contributed by atoms with E-state index in [1.54, 1.807) is 6.07 Å². The molecule has 3 rings (SSSR count). The van der Waals surface area contributed by atoms with E-state index in [1.807, 2.05) is 44.2 Å². The standard InChI is InChI=1S/C20H23N3O4/c1-3-27-18-7-4-13(2)10-17(18)22-19(24)21-16-6-5-15-12-23(20(25)26)9-8-14(15)11-16/h4-7,10-11H,3,8-9,12H2,1-2H3,(H,25,26)(H2,21,22,24). The maximum atomic E-state index is 12.4. The Hall–Kier alpha value is -3.22. The highest BCUT2D eigenvalue weighted by Crippen LogP contribution is 2.26. The highest BCUT2D eigenvalue weighted by Gasteiger charge is 2.20. The minimum atomic E-state index is -0.912. The third kappa shape index (κ3) is 4.49. The van der Waals surface area contributed by atoms with Crippen molar-refractivity contribution in [1.82, 2.24) is 4.90 Å². The predicted octanol–water partition coefficient (Wildman–Crippen LogP) is 4.07. The van der Waals surface area contributed by atoms with Crippen LogP contribution >= 0.6 is 0 Å². The largest absolute Gasteiger partial charge is 0.492 e. The van der Waals surface area contributed by atoms with Crippen LogP contribution in [0.25, 0.3) is 0 Å². The van der Waals surface area contributed by atoms with Crippen molar-refractivity contribution in [3.05, 3.63) is 53.1 Å². The zero-order valence-electron chi connectivity index (χ0n) is 15.4. The number of nitrogens with zero attached hydrogens (tertiary/aromatic N) is 1. The summed E-state index contributed by atoms with van der Waals surface area (Å²) in [7, 11) is 0. The molecule has 0 aliphatic carbocycles. The average Bonchev–Trinajstić information content (AvgIpc) is 2.63. The van der Waals surface area contributed by atoms with Gasteiger partial charge in [-0.15, -0.1) is 0 Å². The summed E-state index contributed by atoms with van der Waals surface area (Å²) < 4.78 is 5.55. The van der Waals surface area contributed by atoms with Gasteiger partial charge < -0.3 is 25.4 Å². The first-order valence-corrected chi connectivity index (χ1v) is 8.87. The molecule has 0 spiro atoms. The van der Waals surface area contributed by atoms with Gasteiger partial charge in [-0.2, -0.15) is 0 Å². The molecule has 1 aliphatic rings. The van der Waals surface area contributed by atoms with Gasteiger partial charge in [-0.25, -0.2) is 9.59 Å². The van der Waals surface area contributed by atoms with Crippen molar-refractivity contribution >= 4 is 23.5 Å². The summed E-state index contributed by atoms with van der Waals surface area (Å²) in [6.07, 6.45) is -0.281. The molecule has 2 aromatic rings. The first kappa shape index (κ1) is 18.6. The number of aryl methyl sites for hydroxylation is 1. The van der Waals surface area contributed by atoms with Gasteiger partial charge >= 0.3 is 12.1 Å². The van der Waals surface area contributed by atoms with Crippen LogP contribution in [0.4, 0.5) is 21.0 Å². The third-order valence-corrected chi connectivity index (χ3v) is 4.43. The number of carbonyl (C=O) groups is 2. The molecule has 0 saturated heterocycles. The normalized spacial score (nSPS) is 12.9. The van der Waals surface area contributed by atoms with Crippen molar-refractivity contribution in [3.63, 3.8) is 0 Å². The van der Waals surface area contributed by atoms with E-state index in [-0.39, 0.29) is 6.03 Å². The summed E-state index contributed by atoms with van der Waals surface area (Å²) >= 11 is 0. The number of carbonyl (C=O) groups excluding carboxylic acids is 1. The Balaban J connectivity index is 1.69. The first-order chi connectivity index (χ1) is 13.0. The van der Waals surface area contributed by atoms with E-state index in [9.17, 15) is 9.59 Å². The Kier molecular flexibility index (Phi) is 5.49. The Labute approximate surface area is 157 Å². The number of hydrogen-bond acceptors (Lipinski definition) is 3. The zero-order valence-corrected chi connectivity index (χ0v) is 15.4. The van der Waals surface area contributed by atoms with Crippen molar-refractivity contribution in [2.75, 3.05) is 23.8 Å². The molecule has 0 fully saturated rings. The molecular formula is C20H23N3O4. The Morgan fingerprint density at radius 2 is 1.96 bits per heavy atom. The first-order valence-electron chi connectivity index (χ1n) is 8.87. The van der Waals surface area contributed by atoms with Crippen LogP contribution in [0.1, 0.15) is 23.6 Å². The molecule has 1 heterocycles. The topological polar surface area (TPSA) is 90.9 Å². The quantitative estimate of drug-likeness (QED) is 0.757. The SMILES string of the molecule is CCOc1ccc(C)cc1NC(=O)Nc1ccc2c(c1)CCN(C(=O)O)C2. The lowest BCUT2D eigenvalue weighted by atomic mass is 9.99. The van der Waals surface area contributed by atoms with Gasteiger partial charge in [0, 0.05) is 18.8 Å². The van der Waals surface area contributed by atoms with Crippen molar-refractivity contribution in [3.8, 4) is 5.75 Å². The van der Waals surface area contributed by atoms with Crippen LogP contribution in [0, 0.1) is 6.92 Å². The van der Waals surface area contributed by atoms with Crippen LogP contribution in [0.2, 0.25) is 0 Å². The Morgan fingerprint density at radius 3 is 2.70 bits per heavy atom. The van der Waals surface area contributed by atoms with Crippen LogP contribution in [-0.2, 0) is 13.0 Å². The molecule has 7 nitrogen and oxygen atoms in total. The molecule has 0 bridgehead atoms. The Bertz CT molecular complexity index is 866. The van der Waals surface area contributed by atoms with Gasteiger partial charge in [-0.3, -0.25) is 0 Å². The zero-order chi connectivity index (χ0) is 19.4. The number of benzene rings is 2. The van der Waals surface area contributed by atoms with E-state index in [1.165, 1.54) is 4.90 Å². The molecular weight excluding hydrogens is 346 g/mol. The highest BCUT2D eigenvalue weighted by atomic mass is 16.5. The van der Waals surface area contributed by atoms with Crippen LogP contribution in [0.5, 0.6) is 5.75 Å². The number of carboxylic acid groups (broad SMARTS) is 1. The molecule has 0 saturated carbocycles. The molecule has 0 radical (unpaired) electrons. The van der Waals surface area contributed by atoms with E-state index in [0.29, 0.717) is 43.2 Å². The lowest BCUT2D eigenvalue weighted by Gasteiger charge is -2.26. The fraction of sp³-hybridized carbons (Fsp3) is 0.300. The summed E-state index contributed by atoms with van der Waals surface area (Å²) in [4.78, 5) is 24.9. The van der Waals surface area contributed by atoms with E-state index < -0.39 is 6.09 Å². The number of amides is 3. The molecule has 0 unspecified atom stereocenters. The van der Waals surface area contributed by atoms with E-state index in [0.717, 1.165) is 16.7 Å². The van der Waals surface area contributed by atoms with E-state index in [2.05, 4.69) is 10.6 Å². The summed E-state index contributed by atoms with van der Waals surface area (Å²) in [5.41, 5.74) is 4.32. The van der Waals surface area contributed by atoms with Gasteiger partial charge in [0.15, 0.2) is 0 Å². The fourth-order valence-corrected chi connectivity index (χ4v) is 3.10. The number of urea groups is 1. The van der Waals surface area contributed by atoms with Crippen LogP contribution in [-0.4, -0.2) is 35.3 Å².